The van der Waals surface area contributed by atoms with Gasteiger partial charge in [-0.3, -0.25) is 9.78 Å². The zero-order chi connectivity index (χ0) is 21.2. The van der Waals surface area contributed by atoms with Gasteiger partial charge in [-0.25, -0.2) is 4.98 Å². The van der Waals surface area contributed by atoms with Crippen molar-refractivity contribution in [3.8, 4) is 11.3 Å². The number of imidazole rings is 1. The Kier molecular flexibility index (Phi) is 5.24. The summed E-state index contributed by atoms with van der Waals surface area (Å²) in [6.07, 6.45) is 9.56. The molecular formula is C26H26N4O. The van der Waals surface area contributed by atoms with Crippen LogP contribution in [0.4, 0.5) is 5.69 Å². The number of aryl methyl sites for hydroxylation is 1. The highest BCUT2D eigenvalue weighted by molar-refractivity contribution is 5.98. The molecule has 0 amide bonds. The molecule has 31 heavy (non-hydrogen) atoms. The molecule has 1 aliphatic rings. The van der Waals surface area contributed by atoms with Crippen molar-refractivity contribution in [2.45, 2.75) is 25.7 Å². The lowest BCUT2D eigenvalue weighted by atomic mass is 10.0. The molecule has 2 aromatic carbocycles. The van der Waals surface area contributed by atoms with Gasteiger partial charge in [0.05, 0.1) is 24.6 Å². The lowest BCUT2D eigenvalue weighted by molar-refractivity contribution is 0.0992. The van der Waals surface area contributed by atoms with Crippen molar-refractivity contribution in [1.82, 2.24) is 14.5 Å². The van der Waals surface area contributed by atoms with Crippen LogP contribution in [0.15, 0.2) is 67.3 Å². The molecule has 0 saturated carbocycles. The van der Waals surface area contributed by atoms with Crippen LogP contribution in [0.25, 0.3) is 22.0 Å². The number of carbonyl (C=O) groups excluding carboxylic acids is 1. The normalized spacial score (nSPS) is 14.2. The van der Waals surface area contributed by atoms with Gasteiger partial charge in [-0.1, -0.05) is 24.3 Å². The number of aromatic nitrogens is 3. The van der Waals surface area contributed by atoms with Crippen LogP contribution in [0, 0.1) is 0 Å². The van der Waals surface area contributed by atoms with Gasteiger partial charge in [0.1, 0.15) is 0 Å². The number of rotatable bonds is 5. The highest BCUT2D eigenvalue weighted by Gasteiger charge is 2.14. The third-order valence-corrected chi connectivity index (χ3v) is 6.12. The summed E-state index contributed by atoms with van der Waals surface area (Å²) >= 11 is 0. The maximum atomic E-state index is 13.0. The minimum Gasteiger partial charge on any atom is -0.372 e. The van der Waals surface area contributed by atoms with Gasteiger partial charge in [0, 0.05) is 54.2 Å². The minimum absolute atomic E-state index is 0.105. The van der Waals surface area contributed by atoms with Gasteiger partial charge in [-0.05, 0) is 48.9 Å². The van der Waals surface area contributed by atoms with Crippen molar-refractivity contribution in [3.63, 3.8) is 0 Å². The van der Waals surface area contributed by atoms with E-state index in [0.29, 0.717) is 6.42 Å². The van der Waals surface area contributed by atoms with Gasteiger partial charge < -0.3 is 9.47 Å². The molecule has 1 aliphatic heterocycles. The summed E-state index contributed by atoms with van der Waals surface area (Å²) in [6, 6.07) is 16.4. The Hall–Kier alpha value is -3.47. The Labute approximate surface area is 182 Å². The highest BCUT2D eigenvalue weighted by Crippen LogP contribution is 2.25. The third-order valence-electron chi connectivity index (χ3n) is 6.12. The van der Waals surface area contributed by atoms with E-state index >= 15 is 0 Å². The average molecular weight is 411 g/mol. The number of ketones is 1. The van der Waals surface area contributed by atoms with E-state index in [2.05, 4.69) is 39.1 Å². The highest BCUT2D eigenvalue weighted by atomic mass is 16.1. The van der Waals surface area contributed by atoms with Crippen LogP contribution in [0.1, 0.15) is 35.3 Å². The molecule has 2 aromatic heterocycles. The second-order valence-electron chi connectivity index (χ2n) is 8.33. The van der Waals surface area contributed by atoms with Gasteiger partial charge in [-0.15, -0.1) is 0 Å². The van der Waals surface area contributed by atoms with Gasteiger partial charge >= 0.3 is 0 Å². The van der Waals surface area contributed by atoms with Gasteiger partial charge in [-0.2, -0.15) is 0 Å². The first-order valence-electron chi connectivity index (χ1n) is 10.9. The number of hydrogen-bond acceptors (Lipinski definition) is 4. The Morgan fingerprint density at radius 1 is 0.968 bits per heavy atom. The SMILES string of the molecule is Cn1cncc1-c1ccc2cnc(CC(=O)c3cccc(N4CCCCC4)c3)cc2c1. The van der Waals surface area contributed by atoms with E-state index in [0.717, 1.165) is 52.1 Å². The summed E-state index contributed by atoms with van der Waals surface area (Å²) in [5, 5.41) is 2.15. The van der Waals surface area contributed by atoms with Crippen LogP contribution in [0.2, 0.25) is 0 Å². The van der Waals surface area contributed by atoms with Crippen molar-refractivity contribution in [2.75, 3.05) is 18.0 Å². The van der Waals surface area contributed by atoms with E-state index in [-0.39, 0.29) is 5.78 Å². The van der Waals surface area contributed by atoms with E-state index in [9.17, 15) is 4.79 Å². The number of hydrogen-bond donors (Lipinski definition) is 0. The maximum Gasteiger partial charge on any atom is 0.168 e. The molecule has 0 bridgehead atoms. The van der Waals surface area contributed by atoms with Crippen LogP contribution >= 0.6 is 0 Å². The molecule has 0 unspecified atom stereocenters. The molecule has 0 atom stereocenters. The number of anilines is 1. The van der Waals surface area contributed by atoms with Gasteiger partial charge in [0.25, 0.3) is 0 Å². The Morgan fingerprint density at radius 3 is 2.65 bits per heavy atom. The zero-order valence-electron chi connectivity index (χ0n) is 17.8. The molecule has 0 radical (unpaired) electrons. The summed E-state index contributed by atoms with van der Waals surface area (Å²) in [5.41, 5.74) is 4.87. The molecule has 5 rings (SSSR count). The lowest BCUT2D eigenvalue weighted by Crippen LogP contribution is -2.29. The molecular weight excluding hydrogens is 384 g/mol. The van der Waals surface area contributed by atoms with Crippen molar-refractivity contribution < 1.29 is 4.79 Å². The first-order valence-corrected chi connectivity index (χ1v) is 10.9. The lowest BCUT2D eigenvalue weighted by Gasteiger charge is -2.29. The zero-order valence-corrected chi connectivity index (χ0v) is 17.8. The minimum atomic E-state index is 0.105. The van der Waals surface area contributed by atoms with Crippen LogP contribution in [-0.4, -0.2) is 33.4 Å². The third kappa shape index (κ3) is 4.08. The molecule has 0 aliphatic carbocycles. The molecule has 156 valence electrons. The molecule has 5 heteroatoms. The van der Waals surface area contributed by atoms with Gasteiger partial charge in [0.15, 0.2) is 5.78 Å². The number of Topliss-reactive ketones (excluding diaryl/α,β-unsaturated/α-hetero) is 1. The predicted octanol–water partition coefficient (Wildman–Crippen LogP) is 5.05. The summed E-state index contributed by atoms with van der Waals surface area (Å²) in [4.78, 5) is 24.2. The molecule has 0 spiro atoms. The van der Waals surface area contributed by atoms with Crippen molar-refractivity contribution in [3.05, 3.63) is 78.5 Å². The fraction of sp³-hybridized carbons (Fsp3) is 0.269. The van der Waals surface area contributed by atoms with Crippen LogP contribution in [-0.2, 0) is 13.5 Å². The maximum absolute atomic E-state index is 13.0. The number of benzene rings is 2. The predicted molar refractivity (Wildman–Crippen MR) is 124 cm³/mol. The Morgan fingerprint density at radius 2 is 1.84 bits per heavy atom. The van der Waals surface area contributed by atoms with Crippen LogP contribution in [0.3, 0.4) is 0 Å². The van der Waals surface area contributed by atoms with Crippen molar-refractivity contribution in [2.24, 2.45) is 7.05 Å². The number of nitrogens with zero attached hydrogens (tertiary/aromatic N) is 4. The van der Waals surface area contributed by atoms with E-state index in [4.69, 9.17) is 0 Å². The fourth-order valence-electron chi connectivity index (χ4n) is 4.37. The summed E-state index contributed by atoms with van der Waals surface area (Å²) in [7, 11) is 1.99. The largest absolute Gasteiger partial charge is 0.372 e. The van der Waals surface area contributed by atoms with E-state index in [1.54, 1.807) is 6.33 Å². The number of pyridine rings is 1. The molecule has 1 saturated heterocycles. The topological polar surface area (TPSA) is 51.0 Å². The molecule has 0 N–H and O–H groups in total. The standard InChI is InChI=1S/C26H26N4O/c1-29-18-27-17-25(29)19-8-9-21-16-28-23(13-22(21)12-19)15-26(31)20-6-5-7-24(14-20)30-10-3-2-4-11-30/h5-9,12-14,16-18H,2-4,10-11,15H2,1H3. The second-order valence-corrected chi connectivity index (χ2v) is 8.33. The van der Waals surface area contributed by atoms with Crippen LogP contribution in [0.5, 0.6) is 0 Å². The summed E-state index contributed by atoms with van der Waals surface area (Å²) in [6.45, 7) is 2.14. The first kappa shape index (κ1) is 19.5. The van der Waals surface area contributed by atoms with Crippen molar-refractivity contribution in [1.29, 1.82) is 0 Å². The second kappa shape index (κ2) is 8.34. The smallest absolute Gasteiger partial charge is 0.168 e. The Bertz CT molecular complexity index is 1240. The average Bonchev–Trinajstić information content (AvgIpc) is 3.25. The fourth-order valence-corrected chi connectivity index (χ4v) is 4.37. The summed E-state index contributed by atoms with van der Waals surface area (Å²) < 4.78 is 2.00. The van der Waals surface area contributed by atoms with Gasteiger partial charge in [0.2, 0.25) is 0 Å². The quantitative estimate of drug-likeness (QED) is 0.432. The van der Waals surface area contributed by atoms with E-state index in [1.807, 2.05) is 48.3 Å². The number of piperidine rings is 1. The van der Waals surface area contributed by atoms with Crippen LogP contribution < -0.4 is 4.90 Å². The molecule has 4 aromatic rings. The van der Waals surface area contributed by atoms with E-state index in [1.165, 1.54) is 19.3 Å². The molecule has 1 fully saturated rings. The number of carbonyl (C=O) groups is 1. The Balaban J connectivity index is 1.38. The first-order chi connectivity index (χ1) is 15.2. The van der Waals surface area contributed by atoms with E-state index < -0.39 is 0 Å². The molecule has 5 nitrogen and oxygen atoms in total. The monoisotopic (exact) mass is 410 g/mol. The van der Waals surface area contributed by atoms with Crippen molar-refractivity contribution >= 4 is 22.2 Å². The number of fused-ring (bicyclic) bond motifs is 1. The summed E-state index contributed by atoms with van der Waals surface area (Å²) in [5.74, 6) is 0.105. The molecule has 3 heterocycles.